The Morgan fingerprint density at radius 2 is 1.48 bits per heavy atom. The third-order valence-electron chi connectivity index (χ3n) is 7.30. The molecule has 0 spiro atoms. The molecule has 0 bridgehead atoms. The standard InChI is InChI=1S/C34H36BrN3O5S/c1-24-10-14-27(15-11-24)22-37(31(34(40)36-3)20-26-8-6-5-7-9-26)33(39)23-38(28-16-12-25(2)13-17-28)44(41,42)29-18-19-32(43-4)30(35)21-29/h5-19,21,31H,20,22-23H2,1-4H3,(H,36,40)/t31-/m0/s1. The second-order valence-corrected chi connectivity index (χ2v) is 13.2. The van der Waals surface area contributed by atoms with Gasteiger partial charge in [-0.3, -0.25) is 13.9 Å². The van der Waals surface area contributed by atoms with Gasteiger partial charge >= 0.3 is 0 Å². The average Bonchev–Trinajstić information content (AvgIpc) is 3.02. The molecular weight excluding hydrogens is 642 g/mol. The Morgan fingerprint density at radius 1 is 0.864 bits per heavy atom. The van der Waals surface area contributed by atoms with Crippen LogP contribution >= 0.6 is 15.9 Å². The topological polar surface area (TPSA) is 96.0 Å². The Kier molecular flexibility index (Phi) is 10.8. The van der Waals surface area contributed by atoms with E-state index < -0.39 is 28.5 Å². The van der Waals surface area contributed by atoms with Crippen molar-refractivity contribution in [3.05, 3.63) is 124 Å². The first kappa shape index (κ1) is 32.8. The van der Waals surface area contributed by atoms with Crippen molar-refractivity contribution in [2.45, 2.75) is 37.8 Å². The second kappa shape index (κ2) is 14.5. The number of sulfonamides is 1. The zero-order valence-electron chi connectivity index (χ0n) is 25.2. The minimum Gasteiger partial charge on any atom is -0.496 e. The van der Waals surface area contributed by atoms with E-state index in [9.17, 15) is 18.0 Å². The summed E-state index contributed by atoms with van der Waals surface area (Å²) in [6, 6.07) is 27.6. The zero-order valence-corrected chi connectivity index (χ0v) is 27.6. The molecule has 44 heavy (non-hydrogen) atoms. The van der Waals surface area contributed by atoms with E-state index in [2.05, 4.69) is 21.2 Å². The summed E-state index contributed by atoms with van der Waals surface area (Å²) in [4.78, 5) is 29.2. The van der Waals surface area contributed by atoms with E-state index in [4.69, 9.17) is 4.74 Å². The molecule has 0 heterocycles. The van der Waals surface area contributed by atoms with Crippen LogP contribution in [0.4, 0.5) is 5.69 Å². The number of benzene rings is 4. The van der Waals surface area contributed by atoms with Gasteiger partial charge in [0.25, 0.3) is 10.0 Å². The zero-order chi connectivity index (χ0) is 31.9. The lowest BCUT2D eigenvalue weighted by Gasteiger charge is -2.33. The quantitative estimate of drug-likeness (QED) is 0.209. The highest BCUT2D eigenvalue weighted by atomic mass is 79.9. The molecule has 2 amide bonds. The lowest BCUT2D eigenvalue weighted by Crippen LogP contribution is -2.53. The predicted molar refractivity (Wildman–Crippen MR) is 176 cm³/mol. The smallest absolute Gasteiger partial charge is 0.264 e. The van der Waals surface area contributed by atoms with Crippen LogP contribution in [0.1, 0.15) is 22.3 Å². The predicted octanol–water partition coefficient (Wildman–Crippen LogP) is 5.66. The van der Waals surface area contributed by atoms with Gasteiger partial charge in [0.05, 0.1) is 22.2 Å². The third-order valence-corrected chi connectivity index (χ3v) is 9.69. The van der Waals surface area contributed by atoms with Crippen LogP contribution in [0.25, 0.3) is 0 Å². The number of carbonyl (C=O) groups excluding carboxylic acids is 2. The highest BCUT2D eigenvalue weighted by molar-refractivity contribution is 9.10. The lowest BCUT2D eigenvalue weighted by atomic mass is 10.0. The van der Waals surface area contributed by atoms with Crippen molar-refractivity contribution < 1.29 is 22.7 Å². The summed E-state index contributed by atoms with van der Waals surface area (Å²) < 4.78 is 35.2. The number of carbonyl (C=O) groups is 2. The fourth-order valence-corrected chi connectivity index (χ4v) is 6.92. The number of hydrogen-bond donors (Lipinski definition) is 1. The van der Waals surface area contributed by atoms with Gasteiger partial charge in [-0.2, -0.15) is 0 Å². The van der Waals surface area contributed by atoms with Crippen LogP contribution in [0.15, 0.2) is 106 Å². The van der Waals surface area contributed by atoms with Crippen LogP contribution in [-0.2, 0) is 32.6 Å². The van der Waals surface area contributed by atoms with Crippen LogP contribution in [0.5, 0.6) is 5.75 Å². The molecular formula is C34H36BrN3O5S. The lowest BCUT2D eigenvalue weighted by molar-refractivity contribution is -0.139. The maximum Gasteiger partial charge on any atom is 0.264 e. The maximum atomic E-state index is 14.4. The van der Waals surface area contributed by atoms with Gasteiger partial charge in [-0.25, -0.2) is 8.42 Å². The van der Waals surface area contributed by atoms with Crippen molar-refractivity contribution in [1.29, 1.82) is 0 Å². The summed E-state index contributed by atoms with van der Waals surface area (Å²) in [6.07, 6.45) is 0.251. The van der Waals surface area contributed by atoms with Crippen LogP contribution in [0.3, 0.4) is 0 Å². The summed E-state index contributed by atoms with van der Waals surface area (Å²) in [7, 11) is -1.21. The monoisotopic (exact) mass is 677 g/mol. The van der Waals surface area contributed by atoms with Gasteiger partial charge in [0, 0.05) is 20.0 Å². The van der Waals surface area contributed by atoms with Crippen molar-refractivity contribution in [1.82, 2.24) is 10.2 Å². The Morgan fingerprint density at radius 3 is 2.05 bits per heavy atom. The van der Waals surface area contributed by atoms with E-state index in [0.29, 0.717) is 15.9 Å². The summed E-state index contributed by atoms with van der Waals surface area (Å²) in [6.45, 7) is 3.45. The number of aryl methyl sites for hydroxylation is 2. The molecule has 10 heteroatoms. The number of ether oxygens (including phenoxy) is 1. The SMILES string of the molecule is CNC(=O)[C@H](Cc1ccccc1)N(Cc1ccc(C)cc1)C(=O)CN(c1ccc(C)cc1)S(=O)(=O)c1ccc(OC)c(Br)c1. The van der Waals surface area contributed by atoms with Crippen LogP contribution in [-0.4, -0.2) is 51.9 Å². The Bertz CT molecular complexity index is 1700. The molecule has 4 aromatic rings. The van der Waals surface area contributed by atoms with E-state index in [-0.39, 0.29) is 23.8 Å². The first-order valence-electron chi connectivity index (χ1n) is 14.1. The normalized spacial score (nSPS) is 11.8. The summed E-state index contributed by atoms with van der Waals surface area (Å²) in [5.74, 6) is -0.398. The number of methoxy groups -OCH3 is 1. The molecule has 0 aliphatic rings. The highest BCUT2D eigenvalue weighted by Gasteiger charge is 2.34. The molecule has 0 saturated carbocycles. The van der Waals surface area contributed by atoms with Crippen molar-refractivity contribution in [3.63, 3.8) is 0 Å². The number of halogens is 1. The Hall–Kier alpha value is -4.15. The minimum absolute atomic E-state index is 0.0178. The molecule has 1 atom stereocenters. The molecule has 4 aromatic carbocycles. The van der Waals surface area contributed by atoms with Crippen molar-refractivity contribution in [3.8, 4) is 5.75 Å². The molecule has 4 rings (SSSR count). The summed E-state index contributed by atoms with van der Waals surface area (Å²) in [5.41, 5.74) is 4.00. The molecule has 0 saturated heterocycles. The van der Waals surface area contributed by atoms with Crippen LogP contribution in [0, 0.1) is 13.8 Å². The number of anilines is 1. The van der Waals surface area contributed by atoms with Gasteiger partial charge in [-0.05, 0) is 71.2 Å². The molecule has 0 fully saturated rings. The maximum absolute atomic E-state index is 14.4. The van der Waals surface area contributed by atoms with Gasteiger partial charge in [0.1, 0.15) is 18.3 Å². The van der Waals surface area contributed by atoms with Crippen LogP contribution in [0.2, 0.25) is 0 Å². The van der Waals surface area contributed by atoms with Crippen molar-refractivity contribution >= 4 is 43.5 Å². The number of amides is 2. The molecule has 0 aliphatic heterocycles. The highest BCUT2D eigenvalue weighted by Crippen LogP contribution is 2.31. The number of nitrogens with one attached hydrogen (secondary N) is 1. The summed E-state index contributed by atoms with van der Waals surface area (Å²) >= 11 is 3.38. The molecule has 8 nitrogen and oxygen atoms in total. The summed E-state index contributed by atoms with van der Waals surface area (Å²) in [5, 5.41) is 2.70. The van der Waals surface area contributed by atoms with E-state index >= 15 is 0 Å². The largest absolute Gasteiger partial charge is 0.496 e. The fraction of sp³-hybridized carbons (Fsp3) is 0.235. The number of hydrogen-bond acceptors (Lipinski definition) is 5. The Balaban J connectivity index is 1.79. The number of nitrogens with zero attached hydrogens (tertiary/aromatic N) is 2. The van der Waals surface area contributed by atoms with E-state index in [0.717, 1.165) is 26.6 Å². The average molecular weight is 679 g/mol. The van der Waals surface area contributed by atoms with Gasteiger partial charge in [-0.1, -0.05) is 77.9 Å². The van der Waals surface area contributed by atoms with E-state index in [1.165, 1.54) is 31.2 Å². The molecule has 230 valence electrons. The number of rotatable bonds is 12. The van der Waals surface area contributed by atoms with Crippen molar-refractivity contribution in [2.24, 2.45) is 0 Å². The second-order valence-electron chi connectivity index (χ2n) is 10.5. The molecule has 0 aromatic heterocycles. The Labute approximate surface area is 267 Å². The minimum atomic E-state index is -4.23. The van der Waals surface area contributed by atoms with E-state index in [1.807, 2.05) is 68.4 Å². The fourth-order valence-electron chi connectivity index (χ4n) is 4.79. The molecule has 1 N–H and O–H groups in total. The molecule has 0 radical (unpaired) electrons. The third kappa shape index (κ3) is 7.86. The number of likely N-dealkylation sites (N-methyl/N-ethyl adjacent to an activating group) is 1. The molecule has 0 aliphatic carbocycles. The first-order valence-corrected chi connectivity index (χ1v) is 16.3. The molecule has 0 unspecified atom stereocenters. The van der Waals surface area contributed by atoms with Crippen LogP contribution < -0.4 is 14.4 Å². The van der Waals surface area contributed by atoms with E-state index in [1.54, 1.807) is 30.3 Å². The first-order chi connectivity index (χ1) is 21.0. The van der Waals surface area contributed by atoms with Gasteiger partial charge in [0.15, 0.2) is 0 Å². The van der Waals surface area contributed by atoms with Gasteiger partial charge in [0.2, 0.25) is 11.8 Å². The van der Waals surface area contributed by atoms with Crippen molar-refractivity contribution in [2.75, 3.05) is 25.0 Å². The van der Waals surface area contributed by atoms with Gasteiger partial charge in [-0.15, -0.1) is 0 Å². The van der Waals surface area contributed by atoms with Gasteiger partial charge < -0.3 is 15.0 Å².